The number of quaternary nitrogens is 1. The van der Waals surface area contributed by atoms with Gasteiger partial charge in [0.2, 0.25) is 0 Å². The molecular weight excluding hydrogens is 750 g/mol. The second kappa shape index (κ2) is 41.4. The number of ether oxygens (including phenoxy) is 2. The number of hydrogen-bond acceptors (Lipinski definition) is 8. The summed E-state index contributed by atoms with van der Waals surface area (Å²) in [4.78, 5) is 38.1. The molecule has 9 nitrogen and oxygen atoms in total. The van der Waals surface area contributed by atoms with Crippen molar-refractivity contribution in [3.63, 3.8) is 0 Å². The van der Waals surface area contributed by atoms with Crippen molar-refractivity contribution in [2.45, 2.75) is 253 Å². The van der Waals surface area contributed by atoms with Crippen molar-refractivity contribution >= 4 is 19.8 Å². The maximum absolute atomic E-state index is 12.8. The number of carbonyl (C=O) groups excluding carboxylic acids is 2. The van der Waals surface area contributed by atoms with Gasteiger partial charge in [0.1, 0.15) is 19.8 Å². The van der Waals surface area contributed by atoms with Gasteiger partial charge in [-0.15, -0.1) is 0 Å². The lowest BCUT2D eigenvalue weighted by molar-refractivity contribution is -0.925. The number of phosphoric ester groups is 1. The van der Waals surface area contributed by atoms with Gasteiger partial charge in [-0.2, -0.15) is 0 Å². The second-order valence-corrected chi connectivity index (χ2v) is 18.6. The predicted octanol–water partition coefficient (Wildman–Crippen LogP) is 13.7. The van der Waals surface area contributed by atoms with E-state index in [0.717, 1.165) is 62.6 Å². The first-order chi connectivity index (χ1) is 28.2. The van der Waals surface area contributed by atoms with E-state index >= 15 is 0 Å². The van der Waals surface area contributed by atoms with Crippen molar-refractivity contribution in [1.29, 1.82) is 0 Å². The van der Waals surface area contributed by atoms with Crippen molar-refractivity contribution in [3.8, 4) is 0 Å². The van der Waals surface area contributed by atoms with E-state index in [1.807, 2.05) is 0 Å². The molecule has 0 heterocycles. The number of hydrogen-bond donors (Lipinski definition) is 0. The average Bonchev–Trinajstić information content (AvgIpc) is 3.21. The summed E-state index contributed by atoms with van der Waals surface area (Å²) in [5, 5.41) is 0. The lowest BCUT2D eigenvalue weighted by atomic mass is 10.0. The Bertz CT molecular complexity index is 962. The van der Waals surface area contributed by atoms with Crippen molar-refractivity contribution in [2.24, 2.45) is 0 Å². The zero-order chi connectivity index (χ0) is 42.8. The zero-order valence-electron chi connectivity index (χ0n) is 39.0. The fourth-order valence-corrected chi connectivity index (χ4v) is 8.63. The largest absolute Gasteiger partial charge is 0.756 e. The van der Waals surface area contributed by atoms with Crippen LogP contribution in [-0.4, -0.2) is 68.5 Å². The minimum absolute atomic E-state index is 0.0142. The number of nitrogens with zero attached hydrogens (tertiary/aromatic N) is 1. The third kappa shape index (κ3) is 36.8. The van der Waals surface area contributed by atoms with E-state index in [2.05, 4.69) is 34.6 Å². The number of esters is 2. The molecule has 0 aliphatic rings. The molecule has 2 unspecified atom stereocenters. The molecule has 0 aromatic carbocycles. The van der Waals surface area contributed by atoms with Gasteiger partial charge in [0.05, 0.1) is 26.2 Å². The van der Waals surface area contributed by atoms with Crippen LogP contribution in [0, 0.1) is 0 Å². The molecule has 0 bridgehead atoms. The summed E-state index contributed by atoms with van der Waals surface area (Å²) in [5.41, 5.74) is 0. The Morgan fingerprint density at radius 3 is 1.19 bits per heavy atom. The molecule has 346 valence electrons. The topological polar surface area (TPSA) is 111 Å². The molecule has 0 aliphatic carbocycles. The first-order valence-corrected chi connectivity index (χ1v) is 26.4. The molecule has 0 aliphatic heterocycles. The molecule has 0 spiro atoms. The zero-order valence-corrected chi connectivity index (χ0v) is 39.9. The van der Waals surface area contributed by atoms with Crippen LogP contribution in [0.4, 0.5) is 0 Å². The van der Waals surface area contributed by atoms with Crippen molar-refractivity contribution in [1.82, 2.24) is 0 Å². The van der Waals surface area contributed by atoms with Gasteiger partial charge in [-0.1, -0.05) is 201 Å². The molecule has 0 N–H and O–H groups in total. The van der Waals surface area contributed by atoms with Crippen molar-refractivity contribution < 1.29 is 42.1 Å². The first kappa shape index (κ1) is 57.0. The van der Waals surface area contributed by atoms with Crippen LogP contribution >= 0.6 is 7.82 Å². The third-order valence-electron chi connectivity index (χ3n) is 12.0. The van der Waals surface area contributed by atoms with E-state index in [-0.39, 0.29) is 32.0 Å². The Labute approximate surface area is 359 Å². The average molecular weight is 846 g/mol. The maximum Gasteiger partial charge on any atom is 0.306 e. The van der Waals surface area contributed by atoms with Crippen LogP contribution in [-0.2, 0) is 32.7 Å². The minimum atomic E-state index is -4.65. The van der Waals surface area contributed by atoms with Gasteiger partial charge in [0.15, 0.2) is 6.10 Å². The van der Waals surface area contributed by atoms with Crippen molar-refractivity contribution in [3.05, 3.63) is 0 Å². The van der Waals surface area contributed by atoms with Gasteiger partial charge in [-0.05, 0) is 33.1 Å². The maximum atomic E-state index is 12.8. The van der Waals surface area contributed by atoms with E-state index in [1.165, 1.54) is 154 Å². The van der Waals surface area contributed by atoms with Gasteiger partial charge >= 0.3 is 11.9 Å². The summed E-state index contributed by atoms with van der Waals surface area (Å²) >= 11 is 0. The lowest BCUT2D eigenvalue weighted by Gasteiger charge is -2.37. The van der Waals surface area contributed by atoms with E-state index in [4.69, 9.17) is 18.5 Å². The van der Waals surface area contributed by atoms with Gasteiger partial charge < -0.3 is 27.9 Å². The first-order valence-electron chi connectivity index (χ1n) is 25.0. The Morgan fingerprint density at radius 1 is 0.466 bits per heavy atom. The highest BCUT2D eigenvalue weighted by Crippen LogP contribution is 2.38. The van der Waals surface area contributed by atoms with Crippen LogP contribution in [0.1, 0.15) is 247 Å². The molecule has 0 saturated carbocycles. The summed E-state index contributed by atoms with van der Waals surface area (Å²) in [6, 6.07) is 0. The van der Waals surface area contributed by atoms with E-state index in [9.17, 15) is 19.0 Å². The molecule has 0 saturated heterocycles. The number of rotatable bonds is 46. The fraction of sp³-hybridized carbons (Fsp3) is 0.958. The summed E-state index contributed by atoms with van der Waals surface area (Å²) in [7, 11) is -4.65. The summed E-state index contributed by atoms with van der Waals surface area (Å²) in [6.07, 6.45) is 37.9. The quantitative estimate of drug-likeness (QED) is 0.0258. The van der Waals surface area contributed by atoms with E-state index in [1.54, 1.807) is 0 Å². The SMILES string of the molecule is CCCCCCCCCCCCCCCCCC(=O)OCC(COP(=O)([O-])OCC[N+](CC)(CC)CCC)OC(=O)CCCCCCCCCCCCCCCCC. The molecule has 0 aromatic rings. The molecule has 0 fully saturated rings. The Morgan fingerprint density at radius 2 is 0.828 bits per heavy atom. The highest BCUT2D eigenvalue weighted by Gasteiger charge is 2.25. The van der Waals surface area contributed by atoms with Gasteiger partial charge in [-0.3, -0.25) is 14.2 Å². The molecule has 2 atom stereocenters. The Balaban J connectivity index is 4.53. The highest BCUT2D eigenvalue weighted by molar-refractivity contribution is 7.45. The standard InChI is InChI=1S/C48H96NO8P/c1-6-11-13-15-17-19-21-23-25-27-29-31-33-35-37-39-47(50)54-44-46(45-56-58(52,53)55-43-42-49(9-4,10-5)41-8-3)57-48(51)40-38-36-34-32-30-28-26-24-22-20-18-16-14-12-7-2/h46H,6-45H2,1-5H3. The number of likely N-dealkylation sites (N-methyl/N-ethyl adjacent to an activating group) is 1. The monoisotopic (exact) mass is 846 g/mol. The number of phosphoric acid groups is 1. The molecule has 0 aromatic heterocycles. The Hall–Kier alpha value is -0.990. The fourth-order valence-electron chi connectivity index (χ4n) is 7.90. The third-order valence-corrected chi connectivity index (χ3v) is 12.9. The molecular formula is C48H96NO8P. The van der Waals surface area contributed by atoms with Crippen LogP contribution in [0.2, 0.25) is 0 Å². The van der Waals surface area contributed by atoms with Crippen LogP contribution < -0.4 is 4.89 Å². The van der Waals surface area contributed by atoms with Crippen LogP contribution in [0.15, 0.2) is 0 Å². The lowest BCUT2D eigenvalue weighted by Crippen LogP contribution is -2.50. The van der Waals surface area contributed by atoms with Gasteiger partial charge in [0, 0.05) is 12.8 Å². The van der Waals surface area contributed by atoms with Crippen LogP contribution in [0.25, 0.3) is 0 Å². The van der Waals surface area contributed by atoms with Crippen LogP contribution in [0.3, 0.4) is 0 Å². The minimum Gasteiger partial charge on any atom is -0.756 e. The van der Waals surface area contributed by atoms with E-state index < -0.39 is 26.5 Å². The predicted molar refractivity (Wildman–Crippen MR) is 241 cm³/mol. The summed E-state index contributed by atoms with van der Waals surface area (Å²) < 4.78 is 35.0. The molecule has 10 heteroatoms. The Kier molecular flexibility index (Phi) is 40.7. The highest BCUT2D eigenvalue weighted by atomic mass is 31.2. The normalized spacial score (nSPS) is 13.4. The molecule has 0 amide bonds. The number of carbonyl (C=O) groups is 2. The van der Waals surface area contributed by atoms with E-state index in [0.29, 0.717) is 13.0 Å². The van der Waals surface area contributed by atoms with Crippen molar-refractivity contribution in [2.75, 3.05) is 46.0 Å². The molecule has 0 rings (SSSR count). The van der Waals surface area contributed by atoms with Crippen LogP contribution in [0.5, 0.6) is 0 Å². The summed E-state index contributed by atoms with van der Waals surface area (Å²) in [5.74, 6) is -0.806. The second-order valence-electron chi connectivity index (χ2n) is 17.2. The molecule has 0 radical (unpaired) electrons. The smallest absolute Gasteiger partial charge is 0.306 e. The van der Waals surface area contributed by atoms with Gasteiger partial charge in [-0.25, -0.2) is 0 Å². The molecule has 58 heavy (non-hydrogen) atoms. The number of unbranched alkanes of at least 4 members (excludes halogenated alkanes) is 28. The summed E-state index contributed by atoms with van der Waals surface area (Å²) in [6.45, 7) is 13.5. The van der Waals surface area contributed by atoms with Gasteiger partial charge in [0.25, 0.3) is 7.82 Å².